The maximum Gasteiger partial charge on any atom is 0.245 e. The summed E-state index contributed by atoms with van der Waals surface area (Å²) in [7, 11) is 0. The summed E-state index contributed by atoms with van der Waals surface area (Å²) in [5.74, 6) is -0.860. The Labute approximate surface area is 217 Å². The van der Waals surface area contributed by atoms with E-state index in [9.17, 15) is 14.4 Å². The van der Waals surface area contributed by atoms with Gasteiger partial charge in [0.1, 0.15) is 6.04 Å². The highest BCUT2D eigenvalue weighted by Gasteiger charge is 2.29. The molecule has 7 nitrogen and oxygen atoms in total. The molecule has 0 aliphatic carbocycles. The van der Waals surface area contributed by atoms with Crippen LogP contribution in [0.25, 0.3) is 17.2 Å². The Morgan fingerprint density at radius 3 is 2.46 bits per heavy atom. The molecular formula is C30H32N4O3. The molecule has 3 aromatic rings. The Kier molecular flexibility index (Phi) is 8.84. The van der Waals surface area contributed by atoms with Gasteiger partial charge in [-0.2, -0.15) is 0 Å². The van der Waals surface area contributed by atoms with E-state index >= 15 is 0 Å². The third kappa shape index (κ3) is 7.38. The van der Waals surface area contributed by atoms with Crippen LogP contribution >= 0.6 is 0 Å². The molecule has 7 heteroatoms. The van der Waals surface area contributed by atoms with Gasteiger partial charge in [-0.25, -0.2) is 0 Å². The van der Waals surface area contributed by atoms with Gasteiger partial charge in [-0.3, -0.25) is 14.4 Å². The monoisotopic (exact) mass is 496 g/mol. The smallest absolute Gasteiger partial charge is 0.245 e. The van der Waals surface area contributed by atoms with E-state index in [1.54, 1.807) is 12.1 Å². The van der Waals surface area contributed by atoms with Crippen LogP contribution in [0, 0.1) is 0 Å². The van der Waals surface area contributed by atoms with Gasteiger partial charge in [-0.15, -0.1) is 0 Å². The second kappa shape index (κ2) is 12.6. The number of likely N-dealkylation sites (tertiary alicyclic amines) is 1. The number of hydrogen-bond donors (Lipinski definition) is 3. The van der Waals surface area contributed by atoms with Crippen molar-refractivity contribution in [2.45, 2.75) is 31.8 Å². The molecule has 4 rings (SSSR count). The summed E-state index contributed by atoms with van der Waals surface area (Å²) < 4.78 is 0. The molecule has 1 fully saturated rings. The van der Waals surface area contributed by atoms with Crippen molar-refractivity contribution in [2.75, 3.05) is 18.4 Å². The zero-order valence-corrected chi connectivity index (χ0v) is 20.7. The Balaban J connectivity index is 1.32. The van der Waals surface area contributed by atoms with E-state index < -0.39 is 6.04 Å². The van der Waals surface area contributed by atoms with E-state index in [2.05, 4.69) is 10.6 Å². The zero-order chi connectivity index (χ0) is 26.0. The first kappa shape index (κ1) is 25.9. The van der Waals surface area contributed by atoms with Crippen LogP contribution in [0.5, 0.6) is 0 Å². The maximum absolute atomic E-state index is 13.1. The fraction of sp³-hybridized carbons (Fsp3) is 0.233. The summed E-state index contributed by atoms with van der Waals surface area (Å²) in [5.41, 5.74) is 10.3. The first-order valence-electron chi connectivity index (χ1n) is 12.5. The van der Waals surface area contributed by atoms with E-state index in [-0.39, 0.29) is 24.3 Å². The van der Waals surface area contributed by atoms with Gasteiger partial charge in [0.25, 0.3) is 0 Å². The molecule has 1 aliphatic heterocycles. The normalized spacial score (nSPS) is 15.9. The van der Waals surface area contributed by atoms with Crippen LogP contribution in [0.15, 0.2) is 84.9 Å². The van der Waals surface area contributed by atoms with Crippen molar-refractivity contribution in [2.24, 2.45) is 5.73 Å². The van der Waals surface area contributed by atoms with Gasteiger partial charge in [0.2, 0.25) is 17.7 Å². The van der Waals surface area contributed by atoms with Crippen molar-refractivity contribution in [3.8, 4) is 11.1 Å². The third-order valence-electron chi connectivity index (χ3n) is 6.32. The number of anilines is 1. The number of nitrogens with one attached hydrogen (secondary N) is 2. The molecule has 1 unspecified atom stereocenters. The molecule has 190 valence electrons. The van der Waals surface area contributed by atoms with Crippen molar-refractivity contribution in [1.82, 2.24) is 10.2 Å². The summed E-state index contributed by atoms with van der Waals surface area (Å²) in [6.45, 7) is 0.788. The van der Waals surface area contributed by atoms with Crippen LogP contribution in [-0.2, 0) is 20.9 Å². The summed E-state index contributed by atoms with van der Waals surface area (Å²) in [4.78, 5) is 39.8. The molecule has 0 spiro atoms. The molecule has 1 aliphatic rings. The lowest BCUT2D eigenvalue weighted by molar-refractivity contribution is -0.137. The average Bonchev–Trinajstić information content (AvgIpc) is 3.09. The van der Waals surface area contributed by atoms with Gasteiger partial charge in [0.05, 0.1) is 6.54 Å². The Morgan fingerprint density at radius 1 is 0.946 bits per heavy atom. The zero-order valence-electron chi connectivity index (χ0n) is 20.7. The minimum atomic E-state index is -0.659. The van der Waals surface area contributed by atoms with Crippen molar-refractivity contribution < 1.29 is 14.4 Å². The SMILES string of the molecule is NCc1cccc(NC(=O)CN2CCCCC(NC(=O)C=Cc3ccc(-c4ccccc4)cc3)C2=O)c1. The topological polar surface area (TPSA) is 105 Å². The van der Waals surface area contributed by atoms with Crippen LogP contribution in [0.1, 0.15) is 30.4 Å². The highest BCUT2D eigenvalue weighted by atomic mass is 16.2. The average molecular weight is 497 g/mol. The molecule has 0 bridgehead atoms. The molecule has 0 radical (unpaired) electrons. The quantitative estimate of drug-likeness (QED) is 0.411. The molecule has 4 N–H and O–H groups in total. The summed E-state index contributed by atoms with van der Waals surface area (Å²) >= 11 is 0. The molecule has 0 aromatic heterocycles. The Bertz CT molecular complexity index is 1260. The van der Waals surface area contributed by atoms with Crippen molar-refractivity contribution in [1.29, 1.82) is 0 Å². The third-order valence-corrected chi connectivity index (χ3v) is 6.32. The lowest BCUT2D eigenvalue weighted by Gasteiger charge is -2.24. The maximum atomic E-state index is 13.1. The number of nitrogens with two attached hydrogens (primary N) is 1. The van der Waals surface area contributed by atoms with Crippen LogP contribution in [0.4, 0.5) is 5.69 Å². The van der Waals surface area contributed by atoms with Crippen molar-refractivity contribution in [3.05, 3.63) is 96.1 Å². The van der Waals surface area contributed by atoms with Gasteiger partial charge >= 0.3 is 0 Å². The number of amides is 3. The number of carbonyl (C=O) groups is 3. The second-order valence-electron chi connectivity index (χ2n) is 9.09. The van der Waals surface area contributed by atoms with E-state index in [0.29, 0.717) is 25.2 Å². The first-order chi connectivity index (χ1) is 18.0. The fourth-order valence-corrected chi connectivity index (χ4v) is 4.36. The second-order valence-corrected chi connectivity index (χ2v) is 9.09. The van der Waals surface area contributed by atoms with Crippen LogP contribution in [0.3, 0.4) is 0 Å². The number of nitrogens with zero attached hydrogens (tertiary/aromatic N) is 1. The summed E-state index contributed by atoms with van der Waals surface area (Å²) in [6, 6.07) is 24.6. The number of hydrogen-bond acceptors (Lipinski definition) is 4. The fourth-order valence-electron chi connectivity index (χ4n) is 4.36. The molecule has 3 amide bonds. The van der Waals surface area contributed by atoms with Gasteiger partial charge in [-0.05, 0) is 59.7 Å². The molecule has 1 saturated heterocycles. The highest BCUT2D eigenvalue weighted by molar-refractivity contribution is 5.98. The summed E-state index contributed by atoms with van der Waals surface area (Å²) in [6.07, 6.45) is 5.28. The number of benzene rings is 3. The van der Waals surface area contributed by atoms with Crippen molar-refractivity contribution >= 4 is 29.5 Å². The molecule has 1 atom stereocenters. The molecule has 1 heterocycles. The van der Waals surface area contributed by atoms with E-state index in [4.69, 9.17) is 5.73 Å². The molecular weight excluding hydrogens is 464 g/mol. The van der Waals surface area contributed by atoms with Gasteiger partial charge in [0.15, 0.2) is 0 Å². The van der Waals surface area contributed by atoms with Gasteiger partial charge in [0, 0.05) is 24.9 Å². The van der Waals surface area contributed by atoms with Crippen LogP contribution in [-0.4, -0.2) is 41.8 Å². The molecule has 3 aromatic carbocycles. The number of carbonyl (C=O) groups excluding carboxylic acids is 3. The predicted octanol–water partition coefficient (Wildman–Crippen LogP) is 3.96. The largest absolute Gasteiger partial charge is 0.341 e. The molecule has 37 heavy (non-hydrogen) atoms. The first-order valence-corrected chi connectivity index (χ1v) is 12.5. The van der Waals surface area contributed by atoms with Crippen LogP contribution in [0.2, 0.25) is 0 Å². The highest BCUT2D eigenvalue weighted by Crippen LogP contribution is 2.20. The Morgan fingerprint density at radius 2 is 1.70 bits per heavy atom. The summed E-state index contributed by atoms with van der Waals surface area (Å²) in [5, 5.41) is 5.65. The minimum absolute atomic E-state index is 0.0678. The predicted molar refractivity (Wildman–Crippen MR) is 146 cm³/mol. The van der Waals surface area contributed by atoms with Gasteiger partial charge < -0.3 is 21.3 Å². The van der Waals surface area contributed by atoms with Gasteiger partial charge in [-0.1, -0.05) is 66.7 Å². The Hall–Kier alpha value is -4.23. The standard InChI is InChI=1S/C30H32N4O3/c31-20-23-7-6-10-26(19-23)32-29(36)21-34-18-5-4-11-27(30(34)37)33-28(35)17-14-22-12-15-25(16-13-22)24-8-2-1-3-9-24/h1-3,6-10,12-17,19,27H,4-5,11,18,20-21,31H2,(H,32,36)(H,33,35). The van der Waals surface area contributed by atoms with Crippen LogP contribution < -0.4 is 16.4 Å². The van der Waals surface area contributed by atoms with E-state index in [1.807, 2.05) is 72.8 Å². The van der Waals surface area contributed by atoms with E-state index in [1.165, 1.54) is 11.0 Å². The minimum Gasteiger partial charge on any atom is -0.341 e. The van der Waals surface area contributed by atoms with Crippen molar-refractivity contribution in [3.63, 3.8) is 0 Å². The lowest BCUT2D eigenvalue weighted by atomic mass is 10.0. The number of rotatable bonds is 8. The molecule has 0 saturated carbocycles. The lowest BCUT2D eigenvalue weighted by Crippen LogP contribution is -2.49. The van der Waals surface area contributed by atoms with E-state index in [0.717, 1.165) is 35.1 Å².